The fraction of sp³-hybridized carbons (Fsp3) is 0.467. The number of fused-ring (bicyclic) bond motifs is 1. The number of rotatable bonds is 1. The highest BCUT2D eigenvalue weighted by Gasteiger charge is 2.29. The number of benzene rings is 1. The van der Waals surface area contributed by atoms with Crippen LogP contribution in [0.1, 0.15) is 37.9 Å². The first kappa shape index (κ1) is 12.1. The van der Waals surface area contributed by atoms with Crippen LogP contribution in [0.3, 0.4) is 0 Å². The normalized spacial score (nSPS) is 28.7. The van der Waals surface area contributed by atoms with Crippen LogP contribution in [0.4, 0.5) is 0 Å². The molecule has 0 bridgehead atoms. The molecule has 3 rings (SSSR count). The summed E-state index contributed by atoms with van der Waals surface area (Å²) in [5, 5.41) is 1.82. The van der Waals surface area contributed by atoms with Crippen LogP contribution in [0, 0.1) is 5.92 Å². The van der Waals surface area contributed by atoms with E-state index in [0.717, 1.165) is 40.5 Å². The van der Waals surface area contributed by atoms with E-state index < -0.39 is 0 Å². The summed E-state index contributed by atoms with van der Waals surface area (Å²) >= 11 is 6.00. The quantitative estimate of drug-likeness (QED) is 0.832. The minimum atomic E-state index is 0.220. The molecule has 1 aliphatic rings. The molecular weight excluding hydrogens is 246 g/mol. The molecular formula is C15H18ClNO. The summed E-state index contributed by atoms with van der Waals surface area (Å²) in [6.07, 6.45) is 3.43. The van der Waals surface area contributed by atoms with Crippen molar-refractivity contribution < 1.29 is 4.42 Å². The lowest BCUT2D eigenvalue weighted by Gasteiger charge is -2.31. The number of hydrogen-bond donors (Lipinski definition) is 1. The molecule has 18 heavy (non-hydrogen) atoms. The lowest BCUT2D eigenvalue weighted by molar-refractivity contribution is 0.280. The van der Waals surface area contributed by atoms with Crippen LogP contribution in [-0.2, 0) is 0 Å². The zero-order valence-corrected chi connectivity index (χ0v) is 11.3. The largest absolute Gasteiger partial charge is 0.461 e. The van der Waals surface area contributed by atoms with Crippen LogP contribution in [0.15, 0.2) is 28.7 Å². The molecule has 1 aromatic heterocycles. The molecule has 1 fully saturated rings. The molecule has 2 aromatic rings. The molecule has 1 aromatic carbocycles. The van der Waals surface area contributed by atoms with Crippen molar-refractivity contribution in [3.8, 4) is 0 Å². The summed E-state index contributed by atoms with van der Waals surface area (Å²) < 4.78 is 5.94. The standard InChI is InChI=1S/C15H18ClNO/c1-9-2-4-13(17)12(6-9)15-8-10-7-11(16)3-5-14(10)18-15/h3,5,7-9,12-13H,2,4,6,17H2,1H3. The first-order valence-corrected chi connectivity index (χ1v) is 6.96. The Kier molecular flexibility index (Phi) is 3.08. The molecule has 3 unspecified atom stereocenters. The number of nitrogens with two attached hydrogens (primary N) is 1. The van der Waals surface area contributed by atoms with Crippen LogP contribution in [0.5, 0.6) is 0 Å². The Morgan fingerprint density at radius 2 is 2.11 bits per heavy atom. The van der Waals surface area contributed by atoms with E-state index >= 15 is 0 Å². The van der Waals surface area contributed by atoms with Gasteiger partial charge in [-0.3, -0.25) is 0 Å². The highest BCUT2D eigenvalue weighted by Crippen LogP contribution is 2.37. The van der Waals surface area contributed by atoms with E-state index in [9.17, 15) is 0 Å². The molecule has 1 aliphatic carbocycles. The van der Waals surface area contributed by atoms with Crippen LogP contribution >= 0.6 is 11.6 Å². The van der Waals surface area contributed by atoms with Crippen molar-refractivity contribution in [2.45, 2.75) is 38.1 Å². The summed E-state index contributed by atoms with van der Waals surface area (Å²) in [5.74, 6) is 2.10. The molecule has 0 radical (unpaired) electrons. The first-order chi connectivity index (χ1) is 8.63. The molecule has 0 spiro atoms. The summed E-state index contributed by atoms with van der Waals surface area (Å²) in [6, 6.07) is 8.06. The predicted molar refractivity (Wildman–Crippen MR) is 75.0 cm³/mol. The van der Waals surface area contributed by atoms with Crippen molar-refractivity contribution >= 4 is 22.6 Å². The molecule has 3 heteroatoms. The molecule has 2 N–H and O–H groups in total. The van der Waals surface area contributed by atoms with E-state index in [4.69, 9.17) is 21.8 Å². The molecule has 96 valence electrons. The van der Waals surface area contributed by atoms with Crippen LogP contribution in [0.25, 0.3) is 11.0 Å². The second kappa shape index (κ2) is 4.60. The average molecular weight is 264 g/mol. The zero-order valence-electron chi connectivity index (χ0n) is 10.5. The molecule has 0 amide bonds. The molecule has 0 aliphatic heterocycles. The second-order valence-electron chi connectivity index (χ2n) is 5.52. The molecule has 0 saturated heterocycles. The lowest BCUT2D eigenvalue weighted by Crippen LogP contribution is -2.33. The number of furan rings is 1. The van der Waals surface area contributed by atoms with E-state index in [0.29, 0.717) is 5.92 Å². The van der Waals surface area contributed by atoms with Gasteiger partial charge in [0.15, 0.2) is 0 Å². The van der Waals surface area contributed by atoms with Crippen LogP contribution < -0.4 is 5.73 Å². The van der Waals surface area contributed by atoms with Crippen molar-refractivity contribution in [2.24, 2.45) is 11.7 Å². The van der Waals surface area contributed by atoms with E-state index in [2.05, 4.69) is 13.0 Å². The Balaban J connectivity index is 1.97. The van der Waals surface area contributed by atoms with Crippen molar-refractivity contribution in [3.63, 3.8) is 0 Å². The van der Waals surface area contributed by atoms with Crippen LogP contribution in [0.2, 0.25) is 5.02 Å². The third-order valence-electron chi connectivity index (χ3n) is 4.03. The molecule has 1 saturated carbocycles. The third-order valence-corrected chi connectivity index (χ3v) is 4.26. The smallest absolute Gasteiger partial charge is 0.134 e. The predicted octanol–water partition coefficient (Wildman–Crippen LogP) is 4.32. The first-order valence-electron chi connectivity index (χ1n) is 6.58. The average Bonchev–Trinajstić information content (AvgIpc) is 2.74. The van der Waals surface area contributed by atoms with Gasteiger partial charge < -0.3 is 10.2 Å². The van der Waals surface area contributed by atoms with Crippen molar-refractivity contribution in [2.75, 3.05) is 0 Å². The van der Waals surface area contributed by atoms with E-state index in [1.807, 2.05) is 18.2 Å². The lowest BCUT2D eigenvalue weighted by atomic mass is 9.78. The summed E-state index contributed by atoms with van der Waals surface area (Å²) in [6.45, 7) is 2.29. The summed E-state index contributed by atoms with van der Waals surface area (Å²) in [4.78, 5) is 0. The Labute approximate surface area is 112 Å². The minimum absolute atomic E-state index is 0.220. The maximum atomic E-state index is 6.24. The third kappa shape index (κ3) is 2.15. The van der Waals surface area contributed by atoms with Gasteiger partial charge in [0.2, 0.25) is 0 Å². The van der Waals surface area contributed by atoms with Gasteiger partial charge in [0, 0.05) is 22.4 Å². The SMILES string of the molecule is CC1CCC(N)C(c2cc3cc(Cl)ccc3o2)C1. The van der Waals surface area contributed by atoms with Gasteiger partial charge in [-0.2, -0.15) is 0 Å². The monoisotopic (exact) mass is 263 g/mol. The highest BCUT2D eigenvalue weighted by molar-refractivity contribution is 6.31. The van der Waals surface area contributed by atoms with Gasteiger partial charge in [0.1, 0.15) is 11.3 Å². The second-order valence-corrected chi connectivity index (χ2v) is 5.96. The van der Waals surface area contributed by atoms with Crippen molar-refractivity contribution in [1.29, 1.82) is 0 Å². The highest BCUT2D eigenvalue weighted by atomic mass is 35.5. The Bertz CT molecular complexity index is 563. The summed E-state index contributed by atoms with van der Waals surface area (Å²) in [7, 11) is 0. The Morgan fingerprint density at radius 3 is 2.94 bits per heavy atom. The van der Waals surface area contributed by atoms with E-state index in [1.165, 1.54) is 6.42 Å². The van der Waals surface area contributed by atoms with E-state index in [1.54, 1.807) is 0 Å². The van der Waals surface area contributed by atoms with Gasteiger partial charge in [-0.05, 0) is 49.4 Å². The fourth-order valence-corrected chi connectivity index (χ4v) is 3.13. The Hall–Kier alpha value is -0.990. The van der Waals surface area contributed by atoms with Gasteiger partial charge in [-0.15, -0.1) is 0 Å². The molecule has 3 atom stereocenters. The molecule has 2 nitrogen and oxygen atoms in total. The van der Waals surface area contributed by atoms with Crippen molar-refractivity contribution in [1.82, 2.24) is 0 Å². The van der Waals surface area contributed by atoms with Gasteiger partial charge in [-0.25, -0.2) is 0 Å². The van der Waals surface area contributed by atoms with Gasteiger partial charge in [0.05, 0.1) is 0 Å². The number of hydrogen-bond acceptors (Lipinski definition) is 2. The molecule has 1 heterocycles. The van der Waals surface area contributed by atoms with Gasteiger partial charge in [-0.1, -0.05) is 18.5 Å². The van der Waals surface area contributed by atoms with Gasteiger partial charge >= 0.3 is 0 Å². The zero-order chi connectivity index (χ0) is 12.7. The maximum Gasteiger partial charge on any atom is 0.134 e. The minimum Gasteiger partial charge on any atom is -0.461 e. The van der Waals surface area contributed by atoms with Crippen molar-refractivity contribution in [3.05, 3.63) is 35.0 Å². The summed E-state index contributed by atoms with van der Waals surface area (Å²) in [5.41, 5.74) is 7.14. The Morgan fingerprint density at radius 1 is 1.28 bits per heavy atom. The maximum absolute atomic E-state index is 6.24. The number of halogens is 1. The van der Waals surface area contributed by atoms with Gasteiger partial charge in [0.25, 0.3) is 0 Å². The topological polar surface area (TPSA) is 39.2 Å². The van der Waals surface area contributed by atoms with E-state index in [-0.39, 0.29) is 6.04 Å². The fourth-order valence-electron chi connectivity index (χ4n) is 2.95. The van der Waals surface area contributed by atoms with Crippen LogP contribution in [-0.4, -0.2) is 6.04 Å².